The monoisotopic (exact) mass is 287 g/mol. The molecule has 0 amide bonds. The Kier molecular flexibility index (Phi) is 4.91. The van der Waals surface area contributed by atoms with Gasteiger partial charge in [0.15, 0.2) is 0 Å². The lowest BCUT2D eigenvalue weighted by atomic mass is 10.1. The van der Waals surface area contributed by atoms with Crippen LogP contribution in [0.5, 0.6) is 0 Å². The molecule has 0 saturated heterocycles. The van der Waals surface area contributed by atoms with E-state index in [1.807, 2.05) is 17.6 Å². The predicted molar refractivity (Wildman–Crippen MR) is 74.0 cm³/mol. The van der Waals surface area contributed by atoms with Gasteiger partial charge in [-0.3, -0.25) is 0 Å². The molecule has 3 nitrogen and oxygen atoms in total. The van der Waals surface area contributed by atoms with Gasteiger partial charge >= 0.3 is 0 Å². The van der Waals surface area contributed by atoms with Gasteiger partial charge in [-0.05, 0) is 35.9 Å². The van der Waals surface area contributed by atoms with Gasteiger partial charge in [-0.2, -0.15) is 0 Å². The average molecular weight is 288 g/mol. The molecule has 1 N–H and O–H groups in total. The quantitative estimate of drug-likeness (QED) is 0.883. The van der Waals surface area contributed by atoms with Crippen molar-refractivity contribution in [3.05, 3.63) is 32.4 Å². The first kappa shape index (κ1) is 13.0. The highest BCUT2D eigenvalue weighted by Crippen LogP contribution is 2.28. The van der Waals surface area contributed by atoms with Crippen molar-refractivity contribution in [2.24, 2.45) is 0 Å². The van der Waals surface area contributed by atoms with Crippen molar-refractivity contribution in [1.82, 2.24) is 14.9 Å². The van der Waals surface area contributed by atoms with Gasteiger partial charge in [-0.25, -0.2) is 0 Å². The molecule has 92 valence electrons. The summed E-state index contributed by atoms with van der Waals surface area (Å²) in [6, 6.07) is 2.22. The predicted octanol–water partition coefficient (Wildman–Crippen LogP) is 3.54. The maximum absolute atomic E-state index is 6.13. The van der Waals surface area contributed by atoms with Crippen LogP contribution < -0.4 is 5.32 Å². The zero-order chi connectivity index (χ0) is 12.1. The number of nitrogens with zero attached hydrogens (tertiary/aromatic N) is 2. The van der Waals surface area contributed by atoms with Crippen LogP contribution in [0.25, 0.3) is 0 Å². The van der Waals surface area contributed by atoms with Gasteiger partial charge < -0.3 is 5.32 Å². The zero-order valence-electron chi connectivity index (χ0n) is 9.52. The van der Waals surface area contributed by atoms with Gasteiger partial charge in [-0.1, -0.05) is 23.0 Å². The van der Waals surface area contributed by atoms with E-state index in [4.69, 9.17) is 11.6 Å². The van der Waals surface area contributed by atoms with Crippen LogP contribution in [0.3, 0.4) is 0 Å². The van der Waals surface area contributed by atoms with Gasteiger partial charge in [0.1, 0.15) is 0 Å². The second-order valence-electron chi connectivity index (χ2n) is 3.72. The Morgan fingerprint density at radius 2 is 2.41 bits per heavy atom. The number of rotatable bonds is 6. The van der Waals surface area contributed by atoms with Gasteiger partial charge in [0, 0.05) is 17.3 Å². The van der Waals surface area contributed by atoms with Crippen LogP contribution in [0.4, 0.5) is 0 Å². The van der Waals surface area contributed by atoms with Crippen LogP contribution in [0.15, 0.2) is 17.6 Å². The van der Waals surface area contributed by atoms with Crippen LogP contribution in [-0.2, 0) is 6.42 Å². The Morgan fingerprint density at radius 1 is 1.53 bits per heavy atom. The van der Waals surface area contributed by atoms with E-state index in [0.717, 1.165) is 24.4 Å². The topological polar surface area (TPSA) is 37.8 Å². The lowest BCUT2D eigenvalue weighted by molar-refractivity contribution is 0.539. The van der Waals surface area contributed by atoms with E-state index >= 15 is 0 Å². The van der Waals surface area contributed by atoms with Crippen molar-refractivity contribution in [3.63, 3.8) is 0 Å². The molecule has 1 unspecified atom stereocenters. The molecule has 2 aromatic rings. The molecule has 0 bridgehead atoms. The largest absolute Gasteiger partial charge is 0.309 e. The average Bonchev–Trinajstić information content (AvgIpc) is 2.96. The fourth-order valence-electron chi connectivity index (χ4n) is 1.58. The summed E-state index contributed by atoms with van der Waals surface area (Å²) in [5.74, 6) is 0. The van der Waals surface area contributed by atoms with Gasteiger partial charge in [-0.15, -0.1) is 16.4 Å². The van der Waals surface area contributed by atoms with Gasteiger partial charge in [0.25, 0.3) is 0 Å². The van der Waals surface area contributed by atoms with Crippen LogP contribution in [-0.4, -0.2) is 16.1 Å². The summed E-state index contributed by atoms with van der Waals surface area (Å²) in [5.41, 5.74) is 0. The van der Waals surface area contributed by atoms with Crippen molar-refractivity contribution in [3.8, 4) is 0 Å². The van der Waals surface area contributed by atoms with Gasteiger partial charge in [0.2, 0.25) is 0 Å². The molecule has 0 aromatic carbocycles. The Hall–Kier alpha value is -0.490. The molecular weight excluding hydrogens is 274 g/mol. The van der Waals surface area contributed by atoms with Crippen molar-refractivity contribution < 1.29 is 0 Å². The minimum absolute atomic E-state index is 0.270. The summed E-state index contributed by atoms with van der Waals surface area (Å²) in [5, 5.41) is 10.3. The van der Waals surface area contributed by atoms with E-state index in [-0.39, 0.29) is 6.04 Å². The van der Waals surface area contributed by atoms with Crippen LogP contribution in [0, 0.1) is 0 Å². The third kappa shape index (κ3) is 3.48. The molecule has 0 aliphatic heterocycles. The molecule has 0 aliphatic rings. The van der Waals surface area contributed by atoms with Crippen molar-refractivity contribution >= 4 is 34.5 Å². The Bertz CT molecular complexity index is 441. The summed E-state index contributed by atoms with van der Waals surface area (Å²) in [6.45, 7) is 3.15. The minimum Gasteiger partial charge on any atom is -0.309 e. The van der Waals surface area contributed by atoms with E-state index in [2.05, 4.69) is 21.8 Å². The number of halogens is 1. The van der Waals surface area contributed by atoms with E-state index in [0.29, 0.717) is 0 Å². The minimum atomic E-state index is 0.270. The molecule has 0 spiro atoms. The summed E-state index contributed by atoms with van der Waals surface area (Å²) in [4.78, 5) is 2.39. The van der Waals surface area contributed by atoms with E-state index in [9.17, 15) is 0 Å². The molecule has 0 fully saturated rings. The standard InChI is InChI=1S/C11H14ClN3S2/c1-2-4-13-9(11-7-14-15-17-11)6-10-8(12)3-5-16-10/h3,5,7,9,13H,2,4,6H2,1H3. The van der Waals surface area contributed by atoms with Crippen molar-refractivity contribution in [1.29, 1.82) is 0 Å². The maximum atomic E-state index is 6.13. The fraction of sp³-hybridized carbons (Fsp3) is 0.455. The number of hydrogen-bond acceptors (Lipinski definition) is 5. The third-order valence-corrected chi connectivity index (χ3v) is 4.63. The smallest absolute Gasteiger partial charge is 0.0669 e. The number of nitrogens with one attached hydrogen (secondary N) is 1. The van der Waals surface area contributed by atoms with E-state index in [1.165, 1.54) is 21.3 Å². The SMILES string of the molecule is CCCNC(Cc1sccc1Cl)c1cnns1. The number of thiophene rings is 1. The summed E-state index contributed by atoms with van der Waals surface area (Å²) >= 11 is 9.28. The highest BCUT2D eigenvalue weighted by molar-refractivity contribution is 7.10. The molecule has 2 heterocycles. The number of hydrogen-bond donors (Lipinski definition) is 1. The second kappa shape index (κ2) is 6.44. The van der Waals surface area contributed by atoms with Crippen LogP contribution in [0.2, 0.25) is 5.02 Å². The zero-order valence-corrected chi connectivity index (χ0v) is 11.9. The Labute approximate surface area is 114 Å². The van der Waals surface area contributed by atoms with Crippen molar-refractivity contribution in [2.75, 3.05) is 6.54 Å². The number of aromatic nitrogens is 2. The van der Waals surface area contributed by atoms with Crippen LogP contribution >= 0.6 is 34.5 Å². The Morgan fingerprint density at radius 3 is 3.00 bits per heavy atom. The fourth-order valence-corrected chi connectivity index (χ4v) is 3.31. The molecule has 6 heteroatoms. The third-order valence-electron chi connectivity index (χ3n) is 2.44. The molecule has 0 radical (unpaired) electrons. The summed E-state index contributed by atoms with van der Waals surface area (Å²) < 4.78 is 3.92. The lowest BCUT2D eigenvalue weighted by Gasteiger charge is -2.15. The normalized spacial score (nSPS) is 12.8. The van der Waals surface area contributed by atoms with Crippen LogP contribution in [0.1, 0.15) is 29.1 Å². The molecule has 0 aliphatic carbocycles. The summed E-state index contributed by atoms with van der Waals surface area (Å²) in [6.07, 6.45) is 3.85. The molecular formula is C11H14ClN3S2. The molecule has 2 aromatic heterocycles. The Balaban J connectivity index is 2.08. The first-order valence-electron chi connectivity index (χ1n) is 5.53. The molecule has 0 saturated carbocycles. The summed E-state index contributed by atoms with van der Waals surface area (Å²) in [7, 11) is 0. The first-order valence-corrected chi connectivity index (χ1v) is 7.57. The molecule has 17 heavy (non-hydrogen) atoms. The first-order chi connectivity index (χ1) is 8.31. The maximum Gasteiger partial charge on any atom is 0.0669 e. The second-order valence-corrected chi connectivity index (χ2v) is 5.95. The van der Waals surface area contributed by atoms with E-state index in [1.54, 1.807) is 11.3 Å². The highest BCUT2D eigenvalue weighted by Gasteiger charge is 2.16. The lowest BCUT2D eigenvalue weighted by Crippen LogP contribution is -2.23. The van der Waals surface area contributed by atoms with Gasteiger partial charge in [0.05, 0.1) is 16.1 Å². The highest BCUT2D eigenvalue weighted by atomic mass is 35.5. The van der Waals surface area contributed by atoms with E-state index < -0.39 is 0 Å². The molecule has 2 rings (SSSR count). The van der Waals surface area contributed by atoms with Crippen molar-refractivity contribution in [2.45, 2.75) is 25.8 Å². The molecule has 1 atom stereocenters.